The van der Waals surface area contributed by atoms with E-state index < -0.39 is 27.9 Å². The van der Waals surface area contributed by atoms with Gasteiger partial charge in [0.15, 0.2) is 0 Å². The first-order valence-electron chi connectivity index (χ1n) is 7.67. The van der Waals surface area contributed by atoms with Gasteiger partial charge in [0.05, 0.1) is 22.6 Å². The van der Waals surface area contributed by atoms with Crippen molar-refractivity contribution in [3.63, 3.8) is 0 Å². The molecule has 0 unspecified atom stereocenters. The summed E-state index contributed by atoms with van der Waals surface area (Å²) in [6, 6.07) is 3.00. The molecule has 9 heteroatoms. The normalized spacial score (nSPS) is 14.0. The molecule has 0 aliphatic heterocycles. The Morgan fingerprint density at radius 1 is 1.32 bits per heavy atom. The van der Waals surface area contributed by atoms with Gasteiger partial charge in [-0.05, 0) is 24.1 Å². The van der Waals surface area contributed by atoms with Crippen molar-refractivity contribution in [1.29, 1.82) is 0 Å². The van der Waals surface area contributed by atoms with E-state index in [4.69, 9.17) is 16.3 Å². The van der Waals surface area contributed by atoms with Gasteiger partial charge in [0.25, 0.3) is 5.91 Å². The Hall–Kier alpha value is -1.64. The van der Waals surface area contributed by atoms with Crippen LogP contribution in [-0.4, -0.2) is 51.8 Å². The Kier molecular flexibility index (Phi) is 7.40. The minimum atomic E-state index is -3.72. The van der Waals surface area contributed by atoms with Crippen LogP contribution < -0.4 is 5.32 Å². The van der Waals surface area contributed by atoms with Crippen molar-refractivity contribution in [1.82, 2.24) is 9.62 Å². The third kappa shape index (κ3) is 4.93. The number of carbonyl (C=O) groups excluding carboxylic acids is 2. The van der Waals surface area contributed by atoms with E-state index in [0.717, 1.165) is 4.31 Å². The summed E-state index contributed by atoms with van der Waals surface area (Å²) in [6.45, 7) is 3.68. The Balaban J connectivity index is 3.23. The molecule has 2 atom stereocenters. The maximum Gasteiger partial charge on any atom is 0.328 e. The van der Waals surface area contributed by atoms with Crippen molar-refractivity contribution in [3.8, 4) is 0 Å². The van der Waals surface area contributed by atoms with Gasteiger partial charge in [0.1, 0.15) is 6.04 Å². The zero-order valence-corrected chi connectivity index (χ0v) is 16.4. The Bertz CT molecular complexity index is 749. The van der Waals surface area contributed by atoms with E-state index in [1.165, 1.54) is 39.4 Å². The summed E-state index contributed by atoms with van der Waals surface area (Å²) in [5, 5.41) is 2.66. The number of rotatable bonds is 7. The van der Waals surface area contributed by atoms with E-state index >= 15 is 0 Å². The second-order valence-corrected chi connectivity index (χ2v) is 8.35. The van der Waals surface area contributed by atoms with Crippen LogP contribution in [0.4, 0.5) is 0 Å². The zero-order valence-electron chi connectivity index (χ0n) is 14.9. The lowest BCUT2D eigenvalue weighted by molar-refractivity contribution is -0.144. The molecule has 0 aliphatic rings. The van der Waals surface area contributed by atoms with Crippen LogP contribution in [0, 0.1) is 5.92 Å². The SMILES string of the molecule is CC[C@@H](C)[C@@H](NC(=O)c1cc(S(=O)(=O)N(C)C)ccc1Cl)C(=O)OC. The number of carbonyl (C=O) groups is 2. The number of benzene rings is 1. The van der Waals surface area contributed by atoms with Gasteiger partial charge >= 0.3 is 5.97 Å². The predicted molar refractivity (Wildman–Crippen MR) is 95.1 cm³/mol. The first-order valence-corrected chi connectivity index (χ1v) is 9.48. The Morgan fingerprint density at radius 2 is 1.92 bits per heavy atom. The highest BCUT2D eigenvalue weighted by atomic mass is 35.5. The molecule has 1 aromatic carbocycles. The molecule has 1 aromatic rings. The van der Waals surface area contributed by atoms with Gasteiger partial charge in [-0.2, -0.15) is 0 Å². The molecule has 0 saturated carbocycles. The number of amides is 1. The van der Waals surface area contributed by atoms with Crippen LogP contribution >= 0.6 is 11.6 Å². The Labute approximate surface area is 153 Å². The smallest absolute Gasteiger partial charge is 0.328 e. The van der Waals surface area contributed by atoms with Crippen LogP contribution in [0.2, 0.25) is 5.02 Å². The lowest BCUT2D eigenvalue weighted by Crippen LogP contribution is -2.45. The fraction of sp³-hybridized carbons (Fsp3) is 0.500. The van der Waals surface area contributed by atoms with Crippen LogP contribution in [0.15, 0.2) is 23.1 Å². The first kappa shape index (κ1) is 21.4. The van der Waals surface area contributed by atoms with Crippen molar-refractivity contribution in [2.75, 3.05) is 21.2 Å². The molecule has 1 rings (SSSR count). The average molecular weight is 391 g/mol. The maximum absolute atomic E-state index is 12.6. The molecule has 1 N–H and O–H groups in total. The second kappa shape index (κ2) is 8.64. The van der Waals surface area contributed by atoms with E-state index in [9.17, 15) is 18.0 Å². The third-order valence-corrected chi connectivity index (χ3v) is 6.06. The van der Waals surface area contributed by atoms with E-state index in [-0.39, 0.29) is 21.4 Å². The van der Waals surface area contributed by atoms with Gasteiger partial charge in [0.2, 0.25) is 10.0 Å². The molecule has 0 fully saturated rings. The van der Waals surface area contributed by atoms with Gasteiger partial charge in [-0.3, -0.25) is 4.79 Å². The number of ether oxygens (including phenoxy) is 1. The van der Waals surface area contributed by atoms with Crippen molar-refractivity contribution in [2.24, 2.45) is 5.92 Å². The summed E-state index contributed by atoms with van der Waals surface area (Å²) >= 11 is 6.05. The summed E-state index contributed by atoms with van der Waals surface area (Å²) in [4.78, 5) is 24.4. The van der Waals surface area contributed by atoms with E-state index in [0.29, 0.717) is 6.42 Å². The number of sulfonamides is 1. The summed E-state index contributed by atoms with van der Waals surface area (Å²) in [7, 11) is 0.298. The van der Waals surface area contributed by atoms with Crippen molar-refractivity contribution in [2.45, 2.75) is 31.2 Å². The number of hydrogen-bond donors (Lipinski definition) is 1. The summed E-state index contributed by atoms with van der Waals surface area (Å²) in [5.74, 6) is -1.38. The molecule has 25 heavy (non-hydrogen) atoms. The van der Waals surface area contributed by atoms with Crippen LogP contribution in [0.25, 0.3) is 0 Å². The highest BCUT2D eigenvalue weighted by molar-refractivity contribution is 7.89. The molecular weight excluding hydrogens is 368 g/mol. The number of esters is 1. The minimum Gasteiger partial charge on any atom is -0.467 e. The summed E-state index contributed by atoms with van der Waals surface area (Å²) in [5.41, 5.74) is -0.0261. The lowest BCUT2D eigenvalue weighted by Gasteiger charge is -2.22. The molecule has 1 amide bonds. The number of nitrogens with one attached hydrogen (secondary N) is 1. The minimum absolute atomic E-state index is 0.0261. The van der Waals surface area contributed by atoms with E-state index in [1.54, 1.807) is 6.92 Å². The highest BCUT2D eigenvalue weighted by Crippen LogP contribution is 2.22. The first-order chi connectivity index (χ1) is 11.6. The van der Waals surface area contributed by atoms with Crippen LogP contribution in [-0.2, 0) is 19.6 Å². The zero-order chi connectivity index (χ0) is 19.4. The van der Waals surface area contributed by atoms with Gasteiger partial charge < -0.3 is 10.1 Å². The number of hydrogen-bond acceptors (Lipinski definition) is 5. The maximum atomic E-state index is 12.6. The van der Waals surface area contributed by atoms with Crippen LogP contribution in [0.1, 0.15) is 30.6 Å². The van der Waals surface area contributed by atoms with Gasteiger partial charge in [-0.1, -0.05) is 31.9 Å². The molecule has 140 valence electrons. The van der Waals surface area contributed by atoms with Crippen LogP contribution in [0.3, 0.4) is 0 Å². The summed E-state index contributed by atoms with van der Waals surface area (Å²) < 4.78 is 30.2. The molecule has 7 nitrogen and oxygen atoms in total. The van der Waals surface area contributed by atoms with Crippen molar-refractivity contribution < 1.29 is 22.7 Å². The summed E-state index contributed by atoms with van der Waals surface area (Å²) in [6.07, 6.45) is 0.642. The lowest BCUT2D eigenvalue weighted by atomic mass is 9.99. The fourth-order valence-electron chi connectivity index (χ4n) is 2.06. The van der Waals surface area contributed by atoms with Gasteiger partial charge in [-0.15, -0.1) is 0 Å². The number of halogens is 1. The van der Waals surface area contributed by atoms with Gasteiger partial charge in [0, 0.05) is 14.1 Å². The third-order valence-electron chi connectivity index (χ3n) is 3.92. The Morgan fingerprint density at radius 3 is 2.40 bits per heavy atom. The quantitative estimate of drug-likeness (QED) is 0.718. The highest BCUT2D eigenvalue weighted by Gasteiger charge is 2.28. The average Bonchev–Trinajstić information content (AvgIpc) is 2.58. The molecule has 0 saturated heterocycles. The molecule has 0 spiro atoms. The van der Waals surface area contributed by atoms with Crippen molar-refractivity contribution in [3.05, 3.63) is 28.8 Å². The van der Waals surface area contributed by atoms with Crippen molar-refractivity contribution >= 4 is 33.5 Å². The largest absolute Gasteiger partial charge is 0.467 e. The number of methoxy groups -OCH3 is 1. The van der Waals surface area contributed by atoms with Gasteiger partial charge in [-0.25, -0.2) is 17.5 Å². The standard InChI is InChI=1S/C16H23ClN2O5S/c1-6-10(2)14(16(21)24-5)18-15(20)12-9-11(7-8-13(12)17)25(22,23)19(3)4/h7-10,14H,6H2,1-5H3,(H,18,20)/t10-,14-/m1/s1. The molecule has 0 bridgehead atoms. The van der Waals surface area contributed by atoms with Crippen LogP contribution in [0.5, 0.6) is 0 Å². The molecule has 0 aromatic heterocycles. The molecule has 0 heterocycles. The fourth-order valence-corrected chi connectivity index (χ4v) is 3.20. The molecule has 0 aliphatic carbocycles. The predicted octanol–water partition coefficient (Wildman–Crippen LogP) is 1.91. The van der Waals surface area contributed by atoms with E-state index in [2.05, 4.69) is 5.32 Å². The second-order valence-electron chi connectivity index (χ2n) is 5.79. The molecule has 0 radical (unpaired) electrons. The van der Waals surface area contributed by atoms with E-state index in [1.807, 2.05) is 6.92 Å². The molecular formula is C16H23ClN2O5S. The topological polar surface area (TPSA) is 92.8 Å². The number of nitrogens with zero attached hydrogens (tertiary/aromatic N) is 1. The monoisotopic (exact) mass is 390 g/mol.